The summed E-state index contributed by atoms with van der Waals surface area (Å²) in [5.74, 6) is 1.33. The van der Waals surface area contributed by atoms with E-state index >= 15 is 0 Å². The summed E-state index contributed by atoms with van der Waals surface area (Å²) >= 11 is 5.45. The van der Waals surface area contributed by atoms with Crippen molar-refractivity contribution < 1.29 is 14.3 Å². The van der Waals surface area contributed by atoms with Gasteiger partial charge < -0.3 is 19.7 Å². The van der Waals surface area contributed by atoms with Crippen LogP contribution >= 0.6 is 12.2 Å². The number of aryl methyl sites for hydroxylation is 1. The van der Waals surface area contributed by atoms with Crippen LogP contribution in [0.2, 0.25) is 0 Å². The van der Waals surface area contributed by atoms with E-state index in [0.717, 1.165) is 16.8 Å². The molecule has 158 valence electrons. The second-order valence-corrected chi connectivity index (χ2v) is 7.74. The molecule has 0 aliphatic carbocycles. The molecule has 0 saturated carbocycles. The van der Waals surface area contributed by atoms with E-state index in [9.17, 15) is 4.79 Å². The summed E-state index contributed by atoms with van der Waals surface area (Å²) in [6.45, 7) is 8.47. The van der Waals surface area contributed by atoms with Crippen molar-refractivity contribution in [2.45, 2.75) is 40.3 Å². The Morgan fingerprint density at radius 1 is 1.13 bits per heavy atom. The number of carbonyl (C=O) groups is 1. The fourth-order valence-corrected chi connectivity index (χ4v) is 3.82. The van der Waals surface area contributed by atoms with Crippen LogP contribution in [0.5, 0.6) is 11.5 Å². The van der Waals surface area contributed by atoms with Gasteiger partial charge in [0.1, 0.15) is 6.61 Å². The predicted octanol–water partition coefficient (Wildman–Crippen LogP) is 4.70. The van der Waals surface area contributed by atoms with Crippen molar-refractivity contribution in [2.24, 2.45) is 0 Å². The molecule has 5 nitrogen and oxygen atoms in total. The molecule has 2 aromatic rings. The summed E-state index contributed by atoms with van der Waals surface area (Å²) in [4.78, 5) is 14.2. The maximum absolute atomic E-state index is 12.4. The molecule has 0 aromatic heterocycles. The Labute approximate surface area is 183 Å². The normalized spacial score (nSPS) is 16.4. The molecule has 0 radical (unpaired) electrons. The maximum Gasteiger partial charge on any atom is 0.173 e. The first kappa shape index (κ1) is 21.8. The average molecular weight is 425 g/mol. The largest absolute Gasteiger partial charge is 0.490 e. The molecule has 0 bridgehead atoms. The lowest BCUT2D eigenvalue weighted by Gasteiger charge is -2.35. The number of Topliss-reactive ketones (excluding diaryl/α,β-unsaturated/α-hetero) is 1. The quantitative estimate of drug-likeness (QED) is 0.651. The number of ketones is 1. The standard InChI is InChI=1S/C24H28N2O3S/c1-6-28-21-13-18(23-22(17(4)27)16(3)26(5)24(30)25-23)11-12-20(21)29-14-19-10-8-7-9-15(19)2/h7-13,23H,6,14H2,1-5H3,(H,25,30). The summed E-state index contributed by atoms with van der Waals surface area (Å²) < 4.78 is 11.9. The molecule has 1 heterocycles. The topological polar surface area (TPSA) is 50.8 Å². The van der Waals surface area contributed by atoms with Crippen LogP contribution in [0.1, 0.15) is 43.5 Å². The van der Waals surface area contributed by atoms with Gasteiger partial charge in [-0.3, -0.25) is 4.79 Å². The molecule has 3 rings (SSSR count). The number of benzene rings is 2. The lowest BCUT2D eigenvalue weighted by molar-refractivity contribution is -0.114. The maximum atomic E-state index is 12.4. The Morgan fingerprint density at radius 2 is 1.87 bits per heavy atom. The molecular formula is C24H28N2O3S. The number of allylic oxidation sites excluding steroid dienone is 1. The molecule has 2 aromatic carbocycles. The Hall–Kier alpha value is -2.86. The van der Waals surface area contributed by atoms with E-state index in [-0.39, 0.29) is 11.8 Å². The molecule has 1 unspecified atom stereocenters. The van der Waals surface area contributed by atoms with Crippen molar-refractivity contribution in [3.8, 4) is 11.5 Å². The van der Waals surface area contributed by atoms with Gasteiger partial charge in [0, 0.05) is 18.3 Å². The average Bonchev–Trinajstić information content (AvgIpc) is 2.71. The molecule has 0 spiro atoms. The van der Waals surface area contributed by atoms with Gasteiger partial charge in [-0.05, 0) is 68.7 Å². The van der Waals surface area contributed by atoms with Crippen molar-refractivity contribution in [3.05, 3.63) is 70.4 Å². The predicted molar refractivity (Wildman–Crippen MR) is 123 cm³/mol. The molecule has 0 saturated heterocycles. The minimum atomic E-state index is -0.323. The minimum Gasteiger partial charge on any atom is -0.490 e. The first-order valence-electron chi connectivity index (χ1n) is 10.0. The van der Waals surface area contributed by atoms with E-state index in [1.807, 2.05) is 56.1 Å². The molecule has 6 heteroatoms. The van der Waals surface area contributed by atoms with Gasteiger partial charge in [0.2, 0.25) is 0 Å². The van der Waals surface area contributed by atoms with Gasteiger partial charge in [-0.1, -0.05) is 30.3 Å². The third kappa shape index (κ3) is 4.49. The molecule has 1 N–H and O–H groups in total. The highest BCUT2D eigenvalue weighted by molar-refractivity contribution is 7.80. The van der Waals surface area contributed by atoms with Gasteiger partial charge in [-0.2, -0.15) is 0 Å². The van der Waals surface area contributed by atoms with Crippen LogP contribution in [0, 0.1) is 6.92 Å². The van der Waals surface area contributed by atoms with Crippen molar-refractivity contribution in [2.75, 3.05) is 13.7 Å². The number of thiocarbonyl (C=S) groups is 1. The highest BCUT2D eigenvalue weighted by Crippen LogP contribution is 2.36. The summed E-state index contributed by atoms with van der Waals surface area (Å²) in [5, 5.41) is 3.86. The molecule has 1 aliphatic heterocycles. The highest BCUT2D eigenvalue weighted by atomic mass is 32.1. The molecule has 1 aliphatic rings. The van der Waals surface area contributed by atoms with E-state index in [2.05, 4.69) is 24.4 Å². The Kier molecular flexibility index (Phi) is 6.77. The van der Waals surface area contributed by atoms with Gasteiger partial charge in [0.25, 0.3) is 0 Å². The Morgan fingerprint density at radius 3 is 2.53 bits per heavy atom. The van der Waals surface area contributed by atoms with E-state index in [1.165, 1.54) is 5.56 Å². The summed E-state index contributed by atoms with van der Waals surface area (Å²) in [6.07, 6.45) is 0. The number of hydrogen-bond donors (Lipinski definition) is 1. The van der Waals surface area contributed by atoms with Gasteiger partial charge in [0.15, 0.2) is 22.4 Å². The molecular weight excluding hydrogens is 396 g/mol. The first-order valence-corrected chi connectivity index (χ1v) is 10.4. The lowest BCUT2D eigenvalue weighted by atomic mass is 9.92. The van der Waals surface area contributed by atoms with Crippen LogP contribution in [0.25, 0.3) is 0 Å². The SMILES string of the molecule is CCOc1cc(C2NC(=S)N(C)C(C)=C2C(C)=O)ccc1OCc1ccccc1C. The van der Waals surface area contributed by atoms with Crippen molar-refractivity contribution in [3.63, 3.8) is 0 Å². The first-order chi connectivity index (χ1) is 14.3. The fraction of sp³-hybridized carbons (Fsp3) is 0.333. The minimum absolute atomic E-state index is 0.0113. The smallest absolute Gasteiger partial charge is 0.173 e. The van der Waals surface area contributed by atoms with E-state index in [0.29, 0.717) is 35.4 Å². The van der Waals surface area contributed by atoms with Crippen molar-refractivity contribution >= 4 is 23.1 Å². The van der Waals surface area contributed by atoms with Crippen LogP contribution in [-0.2, 0) is 11.4 Å². The monoisotopic (exact) mass is 424 g/mol. The van der Waals surface area contributed by atoms with Crippen LogP contribution in [0.4, 0.5) is 0 Å². The Balaban J connectivity index is 1.93. The van der Waals surface area contributed by atoms with Gasteiger partial charge >= 0.3 is 0 Å². The van der Waals surface area contributed by atoms with Crippen LogP contribution in [0.15, 0.2) is 53.7 Å². The second kappa shape index (κ2) is 9.30. The van der Waals surface area contributed by atoms with E-state index in [4.69, 9.17) is 21.7 Å². The molecule has 1 atom stereocenters. The lowest BCUT2D eigenvalue weighted by Crippen LogP contribution is -2.45. The number of hydrogen-bond acceptors (Lipinski definition) is 4. The van der Waals surface area contributed by atoms with Crippen LogP contribution < -0.4 is 14.8 Å². The fourth-order valence-electron chi connectivity index (χ4n) is 3.56. The van der Waals surface area contributed by atoms with Crippen molar-refractivity contribution in [1.29, 1.82) is 0 Å². The third-order valence-corrected chi connectivity index (χ3v) is 5.77. The van der Waals surface area contributed by atoms with E-state index in [1.54, 1.807) is 6.92 Å². The van der Waals surface area contributed by atoms with Gasteiger partial charge in [0.05, 0.1) is 12.6 Å². The number of ether oxygens (including phenoxy) is 2. The summed E-state index contributed by atoms with van der Waals surface area (Å²) in [5.41, 5.74) is 4.77. The third-order valence-electron chi connectivity index (χ3n) is 5.38. The summed E-state index contributed by atoms with van der Waals surface area (Å²) in [7, 11) is 1.86. The number of rotatable bonds is 7. The zero-order valence-electron chi connectivity index (χ0n) is 18.1. The van der Waals surface area contributed by atoms with Crippen LogP contribution in [0.3, 0.4) is 0 Å². The number of nitrogens with one attached hydrogen (secondary N) is 1. The second-order valence-electron chi connectivity index (χ2n) is 7.35. The van der Waals surface area contributed by atoms with Crippen LogP contribution in [-0.4, -0.2) is 29.5 Å². The number of nitrogens with zero attached hydrogens (tertiary/aromatic N) is 1. The van der Waals surface area contributed by atoms with Crippen molar-refractivity contribution in [1.82, 2.24) is 10.2 Å². The molecule has 0 fully saturated rings. The zero-order chi connectivity index (χ0) is 21.8. The highest BCUT2D eigenvalue weighted by Gasteiger charge is 2.31. The van der Waals surface area contributed by atoms with Gasteiger partial charge in [-0.25, -0.2) is 0 Å². The summed E-state index contributed by atoms with van der Waals surface area (Å²) in [6, 6.07) is 13.6. The molecule has 0 amide bonds. The molecule has 30 heavy (non-hydrogen) atoms. The number of carbonyl (C=O) groups excluding carboxylic acids is 1. The zero-order valence-corrected chi connectivity index (χ0v) is 18.9. The van der Waals surface area contributed by atoms with Gasteiger partial charge in [-0.15, -0.1) is 0 Å². The Bertz CT molecular complexity index is 1000. The van der Waals surface area contributed by atoms with E-state index < -0.39 is 0 Å².